The van der Waals surface area contributed by atoms with Gasteiger partial charge < -0.3 is 4.74 Å². The molecule has 3 heteroatoms. The van der Waals surface area contributed by atoms with E-state index in [0.29, 0.717) is 6.42 Å². The number of ether oxygens (including phenoxy) is 1. The molecular weight excluding hydrogens is 339 g/mol. The van der Waals surface area contributed by atoms with E-state index in [1.807, 2.05) is 4.08 Å². The molecule has 0 saturated carbocycles. The van der Waals surface area contributed by atoms with E-state index in [4.69, 9.17) is 0 Å². The Morgan fingerprint density at radius 3 is 2.22 bits per heavy atom. The number of unbranched alkanes of at least 4 members (excludes halogenated alkanes) is 7. The first-order valence-electron chi connectivity index (χ1n) is 6.80. The van der Waals surface area contributed by atoms with Crippen LogP contribution in [0.4, 0.5) is 0 Å². The first-order valence-corrected chi connectivity index (χ1v) is 8.04. The Labute approximate surface area is 125 Å². The average Bonchev–Trinajstić information content (AvgIpc) is 2.39. The Morgan fingerprint density at radius 2 is 1.61 bits per heavy atom. The summed E-state index contributed by atoms with van der Waals surface area (Å²) in [5.74, 6) is -0.0812. The first-order chi connectivity index (χ1) is 8.81. The van der Waals surface area contributed by atoms with Crippen LogP contribution in [-0.4, -0.2) is 13.1 Å². The molecule has 0 N–H and O–H groups in total. The smallest absolute Gasteiger partial charge is 0.305 e. The van der Waals surface area contributed by atoms with Crippen LogP contribution in [0.2, 0.25) is 0 Å². The summed E-state index contributed by atoms with van der Waals surface area (Å²) >= 11 is 2.22. The van der Waals surface area contributed by atoms with Gasteiger partial charge in [0.15, 0.2) is 0 Å². The van der Waals surface area contributed by atoms with E-state index in [-0.39, 0.29) is 5.97 Å². The van der Waals surface area contributed by atoms with Gasteiger partial charge in [-0.05, 0) is 23.3 Å². The Hall–Kier alpha value is -0.320. The van der Waals surface area contributed by atoms with Crippen LogP contribution in [0, 0.1) is 0 Å². The van der Waals surface area contributed by atoms with Gasteiger partial charge in [0.1, 0.15) is 0 Å². The topological polar surface area (TPSA) is 26.3 Å². The van der Waals surface area contributed by atoms with E-state index < -0.39 is 0 Å². The van der Waals surface area contributed by atoms with Crippen LogP contribution in [0.25, 0.3) is 0 Å². The van der Waals surface area contributed by atoms with Gasteiger partial charge in [-0.1, -0.05) is 72.9 Å². The maximum atomic E-state index is 10.9. The summed E-state index contributed by atoms with van der Waals surface area (Å²) < 4.78 is 6.62. The van der Waals surface area contributed by atoms with Gasteiger partial charge >= 0.3 is 5.97 Å². The zero-order chi connectivity index (χ0) is 13.5. The van der Waals surface area contributed by atoms with Gasteiger partial charge in [0, 0.05) is 6.42 Å². The molecule has 0 aromatic rings. The van der Waals surface area contributed by atoms with Gasteiger partial charge in [-0.15, -0.1) is 0 Å². The standard InChI is InChI=1S/C15H25IO2/c1-18-15(17)13-11-9-7-5-3-2-4-6-8-10-12-14-16/h8,10,12,14H,2-7,9,11,13H2,1H3/b10-8+,14-12+. The number of hydrogen-bond acceptors (Lipinski definition) is 2. The molecule has 0 spiro atoms. The molecule has 0 amide bonds. The highest BCUT2D eigenvalue weighted by Crippen LogP contribution is 2.10. The predicted molar refractivity (Wildman–Crippen MR) is 85.9 cm³/mol. The lowest BCUT2D eigenvalue weighted by Crippen LogP contribution is -1.99. The van der Waals surface area contributed by atoms with Crippen molar-refractivity contribution in [3.8, 4) is 0 Å². The molecule has 0 radical (unpaired) electrons. The first kappa shape index (κ1) is 17.7. The van der Waals surface area contributed by atoms with Gasteiger partial charge in [0.2, 0.25) is 0 Å². The van der Waals surface area contributed by atoms with Crippen molar-refractivity contribution >= 4 is 28.6 Å². The summed E-state index contributed by atoms with van der Waals surface area (Å²) in [5, 5.41) is 0. The molecule has 0 fully saturated rings. The van der Waals surface area contributed by atoms with Crippen molar-refractivity contribution in [2.75, 3.05) is 7.11 Å². The van der Waals surface area contributed by atoms with Crippen LogP contribution in [0.5, 0.6) is 0 Å². The fourth-order valence-electron chi connectivity index (χ4n) is 1.73. The van der Waals surface area contributed by atoms with Gasteiger partial charge in [-0.3, -0.25) is 4.79 Å². The van der Waals surface area contributed by atoms with Crippen molar-refractivity contribution in [1.29, 1.82) is 0 Å². The summed E-state index contributed by atoms with van der Waals surface area (Å²) in [6.07, 6.45) is 16.7. The Bertz CT molecular complexity index is 247. The minimum Gasteiger partial charge on any atom is -0.469 e. The zero-order valence-electron chi connectivity index (χ0n) is 11.4. The van der Waals surface area contributed by atoms with Gasteiger partial charge in [-0.25, -0.2) is 0 Å². The molecule has 0 heterocycles. The molecule has 0 saturated heterocycles. The van der Waals surface area contributed by atoms with E-state index in [1.165, 1.54) is 45.6 Å². The third-order valence-corrected chi connectivity index (χ3v) is 3.21. The van der Waals surface area contributed by atoms with Crippen molar-refractivity contribution in [3.63, 3.8) is 0 Å². The van der Waals surface area contributed by atoms with Crippen molar-refractivity contribution in [1.82, 2.24) is 0 Å². The van der Waals surface area contributed by atoms with Gasteiger partial charge in [0.05, 0.1) is 7.11 Å². The fraction of sp³-hybridized carbons (Fsp3) is 0.667. The molecule has 0 rings (SSSR count). The second kappa shape index (κ2) is 14.7. The number of carbonyl (C=O) groups is 1. The number of allylic oxidation sites excluding steroid dienone is 3. The zero-order valence-corrected chi connectivity index (χ0v) is 13.5. The maximum absolute atomic E-state index is 10.9. The van der Waals surface area contributed by atoms with E-state index in [9.17, 15) is 4.79 Å². The SMILES string of the molecule is COC(=O)CCCCCCCCC/C=C/C=C/I. The lowest BCUT2D eigenvalue weighted by atomic mass is 10.1. The highest BCUT2D eigenvalue weighted by Gasteiger charge is 1.98. The molecule has 18 heavy (non-hydrogen) atoms. The third kappa shape index (κ3) is 13.7. The van der Waals surface area contributed by atoms with Crippen LogP contribution in [0.3, 0.4) is 0 Å². The monoisotopic (exact) mass is 364 g/mol. The summed E-state index contributed by atoms with van der Waals surface area (Å²) in [6.45, 7) is 0. The Balaban J connectivity index is 3.10. The fourth-order valence-corrected chi connectivity index (χ4v) is 1.97. The van der Waals surface area contributed by atoms with Crippen molar-refractivity contribution < 1.29 is 9.53 Å². The normalized spacial score (nSPS) is 11.4. The highest BCUT2D eigenvalue weighted by atomic mass is 127. The summed E-state index contributed by atoms with van der Waals surface area (Å²) in [4.78, 5) is 10.9. The van der Waals surface area contributed by atoms with Crippen molar-refractivity contribution in [2.24, 2.45) is 0 Å². The van der Waals surface area contributed by atoms with E-state index >= 15 is 0 Å². The van der Waals surface area contributed by atoms with Crippen LogP contribution in [-0.2, 0) is 9.53 Å². The molecule has 0 unspecified atom stereocenters. The number of carbonyl (C=O) groups excluding carboxylic acids is 1. The molecule has 0 aliphatic heterocycles. The molecule has 0 atom stereocenters. The third-order valence-electron chi connectivity index (χ3n) is 2.80. The van der Waals surface area contributed by atoms with E-state index in [1.54, 1.807) is 0 Å². The van der Waals surface area contributed by atoms with Gasteiger partial charge in [-0.2, -0.15) is 0 Å². The number of esters is 1. The quantitative estimate of drug-likeness (QED) is 0.219. The second-order valence-electron chi connectivity index (χ2n) is 4.34. The van der Waals surface area contributed by atoms with Crippen molar-refractivity contribution in [2.45, 2.75) is 57.8 Å². The number of rotatable bonds is 11. The molecule has 104 valence electrons. The maximum Gasteiger partial charge on any atom is 0.305 e. The number of hydrogen-bond donors (Lipinski definition) is 0. The molecule has 0 aliphatic carbocycles. The Morgan fingerprint density at radius 1 is 1.00 bits per heavy atom. The van der Waals surface area contributed by atoms with E-state index in [0.717, 1.165) is 12.8 Å². The number of halogens is 1. The van der Waals surface area contributed by atoms with Crippen molar-refractivity contribution in [3.05, 3.63) is 22.3 Å². The molecule has 2 nitrogen and oxygen atoms in total. The molecular formula is C15H25IO2. The van der Waals surface area contributed by atoms with Crippen LogP contribution < -0.4 is 0 Å². The number of methoxy groups -OCH3 is 1. The molecule has 0 bridgehead atoms. The molecule has 0 aromatic heterocycles. The van der Waals surface area contributed by atoms with Crippen LogP contribution in [0.1, 0.15) is 57.8 Å². The minimum atomic E-state index is -0.0812. The summed E-state index contributed by atoms with van der Waals surface area (Å²) in [6, 6.07) is 0. The van der Waals surface area contributed by atoms with Gasteiger partial charge in [0.25, 0.3) is 0 Å². The molecule has 0 aliphatic rings. The summed E-state index contributed by atoms with van der Waals surface area (Å²) in [5.41, 5.74) is 0. The lowest BCUT2D eigenvalue weighted by molar-refractivity contribution is -0.140. The minimum absolute atomic E-state index is 0.0812. The Kier molecular flexibility index (Phi) is 14.5. The summed E-state index contributed by atoms with van der Waals surface area (Å²) in [7, 11) is 1.45. The predicted octanol–water partition coefficient (Wildman–Crippen LogP) is 5.18. The van der Waals surface area contributed by atoms with Crippen LogP contribution >= 0.6 is 22.6 Å². The lowest BCUT2D eigenvalue weighted by Gasteiger charge is -2.01. The second-order valence-corrected chi connectivity index (χ2v) is 5.06. The van der Waals surface area contributed by atoms with E-state index in [2.05, 4.69) is 45.6 Å². The average molecular weight is 364 g/mol. The molecule has 0 aromatic carbocycles. The largest absolute Gasteiger partial charge is 0.469 e. The highest BCUT2D eigenvalue weighted by molar-refractivity contribution is 14.1. The van der Waals surface area contributed by atoms with Crippen LogP contribution in [0.15, 0.2) is 22.3 Å².